The number of aromatic nitrogens is 3. The van der Waals surface area contributed by atoms with Gasteiger partial charge < -0.3 is 14.4 Å². The molecule has 0 unspecified atom stereocenters. The van der Waals surface area contributed by atoms with E-state index in [-0.39, 0.29) is 32.2 Å². The van der Waals surface area contributed by atoms with E-state index in [1.165, 1.54) is 5.56 Å². The van der Waals surface area contributed by atoms with Gasteiger partial charge >= 0.3 is 0 Å². The summed E-state index contributed by atoms with van der Waals surface area (Å²) in [7, 11) is 0. The van der Waals surface area contributed by atoms with Crippen molar-refractivity contribution in [3.63, 3.8) is 0 Å². The van der Waals surface area contributed by atoms with Crippen molar-refractivity contribution < 1.29 is 30.9 Å². The molecule has 5 nitrogen and oxygen atoms in total. The minimum Gasteiger partial charge on any atom is -0.506 e. The molecule has 0 bridgehead atoms. The largest absolute Gasteiger partial charge is 0.506 e. The molecule has 0 saturated heterocycles. The molecule has 0 amide bonds. The predicted octanol–water partition coefficient (Wildman–Crippen LogP) is 9.30. The zero-order valence-corrected chi connectivity index (χ0v) is 26.6. The summed E-state index contributed by atoms with van der Waals surface area (Å²) in [5, 5.41) is 13.8. The molecule has 43 heavy (non-hydrogen) atoms. The summed E-state index contributed by atoms with van der Waals surface area (Å²) < 4.78 is 8.35. The van der Waals surface area contributed by atoms with E-state index in [2.05, 4.69) is 73.9 Å². The number of hydrogen-bond acceptors (Lipinski definition) is 4. The van der Waals surface area contributed by atoms with Crippen molar-refractivity contribution in [2.45, 2.75) is 33.1 Å². The Kier molecular flexibility index (Phi) is 7.31. The van der Waals surface area contributed by atoms with E-state index in [4.69, 9.17) is 14.7 Å². The van der Waals surface area contributed by atoms with Crippen LogP contribution in [0.5, 0.6) is 17.4 Å². The first-order chi connectivity index (χ1) is 20.3. The van der Waals surface area contributed by atoms with E-state index >= 15 is 0 Å². The Morgan fingerprint density at radius 3 is 2.30 bits per heavy atom. The molecule has 3 heterocycles. The molecule has 1 N–H and O–H groups in total. The average Bonchev–Trinajstić information content (AvgIpc) is 3.31. The maximum atomic E-state index is 10.8. The molecule has 0 saturated carbocycles. The number of benzene rings is 4. The second-order valence-corrected chi connectivity index (χ2v) is 11.7. The fraction of sp³-hybridized carbons (Fsp3) is 0.135. The number of nitrogens with zero attached hydrogens (tertiary/aromatic N) is 3. The van der Waals surface area contributed by atoms with Crippen LogP contribution in [0.4, 0.5) is 0 Å². The van der Waals surface area contributed by atoms with Gasteiger partial charge in [0.25, 0.3) is 0 Å². The van der Waals surface area contributed by atoms with E-state index in [1.807, 2.05) is 61.7 Å². The molecule has 0 fully saturated rings. The Bertz CT molecular complexity index is 2110. The van der Waals surface area contributed by atoms with E-state index in [0.29, 0.717) is 17.1 Å². The molecular weight excluding hydrogens is 714 g/mol. The van der Waals surface area contributed by atoms with Crippen LogP contribution in [0, 0.1) is 13.0 Å². The maximum Gasteiger partial charge on any atom is 0.217 e. The number of para-hydroxylation sites is 1. The van der Waals surface area contributed by atoms with Crippen molar-refractivity contribution in [2.24, 2.45) is 0 Å². The third-order valence-corrected chi connectivity index (χ3v) is 7.77. The first-order valence-electron chi connectivity index (χ1n) is 14.1. The number of rotatable bonds is 4. The topological polar surface area (TPSA) is 60.2 Å². The zero-order valence-electron chi connectivity index (χ0n) is 24.3. The summed E-state index contributed by atoms with van der Waals surface area (Å²) in [6.07, 6.45) is 1.87. The third-order valence-electron chi connectivity index (χ3n) is 7.77. The standard InChI is InChI=1S/C37H30N3O2.Pt/c1-23-9-19-34(38-22-23)40-31-8-6-5-7-28(31)29-15-14-26(21-32(29)40)42-35-20-17-30-27(16-18-33(41)36(30)39-35)24-10-12-25(13-11-24)37(2,3)4;/h5-20,22,41H,1-4H3;/q-1;. The molecular formula is C37H30N3O2Pt-. The minimum atomic E-state index is 0. The summed E-state index contributed by atoms with van der Waals surface area (Å²) >= 11 is 0. The number of fused-ring (bicyclic) bond motifs is 4. The van der Waals surface area contributed by atoms with Gasteiger partial charge in [-0.25, -0.2) is 9.97 Å². The quantitative estimate of drug-likeness (QED) is 0.183. The van der Waals surface area contributed by atoms with Crippen LogP contribution in [0.1, 0.15) is 31.9 Å². The molecule has 0 aliphatic heterocycles. The predicted molar refractivity (Wildman–Crippen MR) is 170 cm³/mol. The number of ether oxygens (including phenoxy) is 1. The Hall–Kier alpha value is -4.47. The van der Waals surface area contributed by atoms with Crippen molar-refractivity contribution in [2.75, 3.05) is 0 Å². The Balaban J connectivity index is 0.00000329. The summed E-state index contributed by atoms with van der Waals surface area (Å²) in [5.74, 6) is 1.83. The zero-order chi connectivity index (χ0) is 29.0. The van der Waals surface area contributed by atoms with Crippen molar-refractivity contribution >= 4 is 32.7 Å². The van der Waals surface area contributed by atoms with Gasteiger partial charge in [-0.1, -0.05) is 74.8 Å². The molecule has 0 spiro atoms. The van der Waals surface area contributed by atoms with Crippen LogP contribution in [0.3, 0.4) is 0 Å². The van der Waals surface area contributed by atoms with Gasteiger partial charge in [0.05, 0.1) is 0 Å². The second-order valence-electron chi connectivity index (χ2n) is 11.7. The molecule has 0 radical (unpaired) electrons. The smallest absolute Gasteiger partial charge is 0.217 e. The molecule has 0 atom stereocenters. The summed E-state index contributed by atoms with van der Waals surface area (Å²) in [5.41, 5.74) is 6.93. The third kappa shape index (κ3) is 5.19. The minimum absolute atomic E-state index is 0. The fourth-order valence-corrected chi connectivity index (χ4v) is 5.52. The first kappa shape index (κ1) is 28.6. The van der Waals surface area contributed by atoms with E-state index < -0.39 is 0 Å². The van der Waals surface area contributed by atoms with Crippen molar-refractivity contribution in [1.82, 2.24) is 14.5 Å². The van der Waals surface area contributed by atoms with Crippen LogP contribution in [-0.2, 0) is 26.5 Å². The first-order valence-corrected chi connectivity index (χ1v) is 14.1. The van der Waals surface area contributed by atoms with Gasteiger partial charge in [-0.3, -0.25) is 0 Å². The van der Waals surface area contributed by atoms with Crippen LogP contribution in [0.2, 0.25) is 0 Å². The second kappa shape index (κ2) is 11.0. The molecule has 7 rings (SSSR count). The average molecular weight is 744 g/mol. The van der Waals surface area contributed by atoms with Gasteiger partial charge in [0.2, 0.25) is 5.88 Å². The van der Waals surface area contributed by atoms with Gasteiger partial charge in [0.15, 0.2) is 0 Å². The monoisotopic (exact) mass is 743 g/mol. The van der Waals surface area contributed by atoms with E-state index in [1.54, 1.807) is 6.07 Å². The number of phenolic OH excluding ortho intramolecular Hbond substituents is 1. The SMILES string of the molecule is Cc1ccc(-n2c3[c-]c(Oc4ccc5c(-c6ccc(C(C)(C)C)cc6)ccc(O)c5n4)ccc3c3ccccc32)nc1.[Pt]. The summed E-state index contributed by atoms with van der Waals surface area (Å²) in [6, 6.07) is 35.8. The molecule has 0 aliphatic rings. The van der Waals surface area contributed by atoms with Crippen molar-refractivity contribution in [3.8, 4) is 34.3 Å². The molecule has 3 aromatic heterocycles. The van der Waals surface area contributed by atoms with Crippen LogP contribution < -0.4 is 4.74 Å². The van der Waals surface area contributed by atoms with Gasteiger partial charge in [0, 0.05) is 50.0 Å². The summed E-state index contributed by atoms with van der Waals surface area (Å²) in [4.78, 5) is 9.41. The number of hydrogen-bond donors (Lipinski definition) is 1. The van der Waals surface area contributed by atoms with Gasteiger partial charge in [0.1, 0.15) is 17.1 Å². The Labute approximate surface area is 265 Å². The molecule has 4 aromatic carbocycles. The van der Waals surface area contributed by atoms with Crippen LogP contribution in [0.15, 0.2) is 103 Å². The van der Waals surface area contributed by atoms with Gasteiger partial charge in [-0.2, -0.15) is 6.07 Å². The Morgan fingerprint density at radius 1 is 0.791 bits per heavy atom. The van der Waals surface area contributed by atoms with Crippen molar-refractivity contribution in [3.05, 3.63) is 120 Å². The summed E-state index contributed by atoms with van der Waals surface area (Å²) in [6.45, 7) is 8.65. The van der Waals surface area contributed by atoms with Crippen molar-refractivity contribution in [1.29, 1.82) is 0 Å². The molecule has 7 aromatic rings. The fourth-order valence-electron chi connectivity index (χ4n) is 5.52. The number of pyridine rings is 2. The Morgan fingerprint density at radius 2 is 1.56 bits per heavy atom. The van der Waals surface area contributed by atoms with Gasteiger partial charge in [-0.05, 0) is 70.3 Å². The number of phenols is 1. The molecule has 6 heteroatoms. The molecule has 0 aliphatic carbocycles. The normalized spacial score (nSPS) is 11.6. The van der Waals surface area contributed by atoms with E-state index in [0.717, 1.165) is 49.7 Å². The number of aryl methyl sites for hydroxylation is 1. The van der Waals surface area contributed by atoms with E-state index in [9.17, 15) is 5.11 Å². The number of aromatic hydroxyl groups is 1. The molecule has 216 valence electrons. The van der Waals surface area contributed by atoms with Crippen LogP contribution >= 0.6 is 0 Å². The van der Waals surface area contributed by atoms with Crippen LogP contribution in [-0.4, -0.2) is 19.6 Å². The van der Waals surface area contributed by atoms with Gasteiger partial charge in [-0.15, -0.1) is 17.5 Å². The van der Waals surface area contributed by atoms with Crippen LogP contribution in [0.25, 0.3) is 49.7 Å². The maximum absolute atomic E-state index is 10.8.